The van der Waals surface area contributed by atoms with Gasteiger partial charge in [0.2, 0.25) is 0 Å². The first kappa shape index (κ1) is 15.8. The smallest absolute Gasteiger partial charge is 0.165 e. The first-order chi connectivity index (χ1) is 10.1. The first-order valence-electron chi connectivity index (χ1n) is 7.12. The minimum Gasteiger partial charge on any atom is -0.485 e. The van der Waals surface area contributed by atoms with Crippen molar-refractivity contribution < 1.29 is 4.74 Å². The molecule has 0 spiro atoms. The number of hydrogen-bond acceptors (Lipinski definition) is 4. The molecule has 0 amide bonds. The van der Waals surface area contributed by atoms with Gasteiger partial charge in [0.15, 0.2) is 5.82 Å². The van der Waals surface area contributed by atoms with Crippen LogP contribution in [-0.4, -0.2) is 21.3 Å². The Morgan fingerprint density at radius 2 is 2.19 bits per heavy atom. The Labute approximate surface area is 130 Å². The van der Waals surface area contributed by atoms with Crippen LogP contribution in [0, 0.1) is 0 Å². The second-order valence-electron chi connectivity index (χ2n) is 5.00. The van der Waals surface area contributed by atoms with E-state index in [9.17, 15) is 0 Å². The van der Waals surface area contributed by atoms with Gasteiger partial charge in [-0.3, -0.25) is 0 Å². The minimum atomic E-state index is 0.256. The maximum atomic E-state index is 6.25. The van der Waals surface area contributed by atoms with Crippen LogP contribution in [0.25, 0.3) is 0 Å². The predicted octanol–water partition coefficient (Wildman–Crippen LogP) is 3.20. The molecule has 0 aliphatic carbocycles. The van der Waals surface area contributed by atoms with Crippen LogP contribution in [0.15, 0.2) is 24.5 Å². The summed E-state index contributed by atoms with van der Waals surface area (Å²) in [7, 11) is 0. The van der Waals surface area contributed by atoms with Crippen molar-refractivity contribution in [1.29, 1.82) is 0 Å². The average Bonchev–Trinajstić information content (AvgIpc) is 2.92. The molecule has 0 bridgehead atoms. The molecule has 0 aliphatic rings. The molecule has 2 aromatic rings. The lowest BCUT2D eigenvalue weighted by atomic mass is 10.2. The minimum absolute atomic E-state index is 0.256. The highest BCUT2D eigenvalue weighted by Crippen LogP contribution is 2.27. The Morgan fingerprint density at radius 1 is 1.38 bits per heavy atom. The van der Waals surface area contributed by atoms with Crippen molar-refractivity contribution in [2.45, 2.75) is 40.0 Å². The first-order valence-corrected chi connectivity index (χ1v) is 7.50. The standard InChI is InChI=1S/C15H21ClN4O/c1-4-17-8-12-13(16)6-5-7-14(12)21-9-15-18-10-19-20(15)11(2)3/h5-7,10-11,17H,4,8-9H2,1-3H3. The van der Waals surface area contributed by atoms with E-state index in [1.165, 1.54) is 0 Å². The van der Waals surface area contributed by atoms with Crippen LogP contribution in [0.4, 0.5) is 0 Å². The Hall–Kier alpha value is -1.59. The van der Waals surface area contributed by atoms with Gasteiger partial charge >= 0.3 is 0 Å². The van der Waals surface area contributed by atoms with Crippen molar-refractivity contribution in [1.82, 2.24) is 20.1 Å². The number of aromatic nitrogens is 3. The lowest BCUT2D eigenvalue weighted by Gasteiger charge is -2.14. The molecule has 1 N–H and O–H groups in total. The summed E-state index contributed by atoms with van der Waals surface area (Å²) >= 11 is 6.25. The normalized spacial score (nSPS) is 11.1. The van der Waals surface area contributed by atoms with Crippen molar-refractivity contribution in [2.24, 2.45) is 0 Å². The van der Waals surface area contributed by atoms with Gasteiger partial charge in [0.1, 0.15) is 18.7 Å². The van der Waals surface area contributed by atoms with Crippen LogP contribution in [-0.2, 0) is 13.2 Å². The van der Waals surface area contributed by atoms with E-state index in [0.29, 0.717) is 18.2 Å². The van der Waals surface area contributed by atoms with Gasteiger partial charge in [-0.25, -0.2) is 9.67 Å². The van der Waals surface area contributed by atoms with Crippen LogP contribution < -0.4 is 10.1 Å². The van der Waals surface area contributed by atoms with E-state index < -0.39 is 0 Å². The Bertz CT molecular complexity index is 583. The van der Waals surface area contributed by atoms with E-state index in [2.05, 4.69) is 36.2 Å². The van der Waals surface area contributed by atoms with E-state index in [-0.39, 0.29) is 6.04 Å². The molecule has 0 fully saturated rings. The van der Waals surface area contributed by atoms with Crippen molar-refractivity contribution in [2.75, 3.05) is 6.54 Å². The lowest BCUT2D eigenvalue weighted by molar-refractivity contribution is 0.279. The van der Waals surface area contributed by atoms with Gasteiger partial charge in [0.05, 0.1) is 0 Å². The number of halogens is 1. The maximum absolute atomic E-state index is 6.25. The van der Waals surface area contributed by atoms with Gasteiger partial charge in [-0.2, -0.15) is 5.10 Å². The predicted molar refractivity (Wildman–Crippen MR) is 83.6 cm³/mol. The summed E-state index contributed by atoms with van der Waals surface area (Å²) in [4.78, 5) is 4.25. The number of benzene rings is 1. The number of nitrogens with zero attached hydrogens (tertiary/aromatic N) is 3. The molecule has 0 aliphatic heterocycles. The van der Waals surface area contributed by atoms with Crippen molar-refractivity contribution in [3.8, 4) is 5.75 Å². The fraction of sp³-hybridized carbons (Fsp3) is 0.467. The molecule has 2 rings (SSSR count). The zero-order chi connectivity index (χ0) is 15.2. The molecule has 21 heavy (non-hydrogen) atoms. The summed E-state index contributed by atoms with van der Waals surface area (Å²) < 4.78 is 7.76. The zero-order valence-corrected chi connectivity index (χ0v) is 13.4. The topological polar surface area (TPSA) is 52.0 Å². The third kappa shape index (κ3) is 3.95. The molecule has 5 nitrogen and oxygen atoms in total. The fourth-order valence-electron chi connectivity index (χ4n) is 2.05. The molecule has 0 atom stereocenters. The quantitative estimate of drug-likeness (QED) is 0.853. The van der Waals surface area contributed by atoms with Crippen molar-refractivity contribution in [3.63, 3.8) is 0 Å². The van der Waals surface area contributed by atoms with Gasteiger partial charge in [-0.1, -0.05) is 24.6 Å². The van der Waals surface area contributed by atoms with E-state index in [4.69, 9.17) is 16.3 Å². The largest absolute Gasteiger partial charge is 0.485 e. The summed E-state index contributed by atoms with van der Waals surface area (Å²) in [5.74, 6) is 1.58. The summed E-state index contributed by atoms with van der Waals surface area (Å²) in [5.41, 5.74) is 0.969. The highest BCUT2D eigenvalue weighted by molar-refractivity contribution is 6.31. The van der Waals surface area contributed by atoms with Crippen LogP contribution >= 0.6 is 11.6 Å². The Balaban J connectivity index is 2.12. The number of nitrogens with one attached hydrogen (secondary N) is 1. The number of hydrogen-bond donors (Lipinski definition) is 1. The van der Waals surface area contributed by atoms with Crippen molar-refractivity contribution >= 4 is 11.6 Å². The summed E-state index contributed by atoms with van der Waals surface area (Å²) in [6, 6.07) is 5.94. The lowest BCUT2D eigenvalue weighted by Crippen LogP contribution is -2.14. The van der Waals surface area contributed by atoms with E-state index in [0.717, 1.165) is 23.7 Å². The SMILES string of the molecule is CCNCc1c(Cl)cccc1OCc1ncnn1C(C)C. The molecule has 0 unspecified atom stereocenters. The molecular formula is C15H21ClN4O. The fourth-order valence-corrected chi connectivity index (χ4v) is 2.28. The van der Waals surface area contributed by atoms with Crippen LogP contribution in [0.5, 0.6) is 5.75 Å². The van der Waals surface area contributed by atoms with Gasteiger partial charge in [-0.15, -0.1) is 0 Å². The molecule has 1 heterocycles. The van der Waals surface area contributed by atoms with E-state index in [1.54, 1.807) is 6.33 Å². The van der Waals surface area contributed by atoms with Gasteiger partial charge < -0.3 is 10.1 Å². The molecule has 0 radical (unpaired) electrons. The molecule has 114 valence electrons. The molecule has 1 aromatic heterocycles. The number of rotatable bonds is 7. The van der Waals surface area contributed by atoms with E-state index in [1.807, 2.05) is 22.9 Å². The van der Waals surface area contributed by atoms with Crippen molar-refractivity contribution in [3.05, 3.63) is 40.9 Å². The maximum Gasteiger partial charge on any atom is 0.165 e. The monoisotopic (exact) mass is 308 g/mol. The van der Waals surface area contributed by atoms with E-state index >= 15 is 0 Å². The summed E-state index contributed by atoms with van der Waals surface area (Å²) in [6.45, 7) is 8.12. The van der Waals surface area contributed by atoms with Gasteiger partial charge in [0.25, 0.3) is 0 Å². The van der Waals surface area contributed by atoms with Crippen LogP contribution in [0.2, 0.25) is 5.02 Å². The zero-order valence-electron chi connectivity index (χ0n) is 12.6. The molecule has 0 saturated heterocycles. The van der Waals surface area contributed by atoms with Crippen LogP contribution in [0.1, 0.15) is 38.2 Å². The third-order valence-electron chi connectivity index (χ3n) is 3.12. The number of ether oxygens (including phenoxy) is 1. The summed E-state index contributed by atoms with van der Waals surface area (Å²) in [6.07, 6.45) is 1.55. The molecule has 1 aromatic carbocycles. The van der Waals surface area contributed by atoms with Crippen LogP contribution in [0.3, 0.4) is 0 Å². The second kappa shape index (κ2) is 7.43. The second-order valence-corrected chi connectivity index (χ2v) is 5.41. The third-order valence-corrected chi connectivity index (χ3v) is 3.47. The highest BCUT2D eigenvalue weighted by atomic mass is 35.5. The van der Waals surface area contributed by atoms with Gasteiger partial charge in [-0.05, 0) is 32.5 Å². The Morgan fingerprint density at radius 3 is 2.90 bits per heavy atom. The molecule has 6 heteroatoms. The Kier molecular flexibility index (Phi) is 5.59. The highest BCUT2D eigenvalue weighted by Gasteiger charge is 2.11. The summed E-state index contributed by atoms with van der Waals surface area (Å²) in [5, 5.41) is 8.18. The average molecular weight is 309 g/mol. The molecular weight excluding hydrogens is 288 g/mol. The molecule has 0 saturated carbocycles. The van der Waals surface area contributed by atoms with Gasteiger partial charge in [0, 0.05) is 23.2 Å².